The molecule has 22 heavy (non-hydrogen) atoms. The minimum atomic E-state index is -0.224. The highest BCUT2D eigenvalue weighted by Crippen LogP contribution is 2.04. The molecule has 8 heteroatoms. The first-order chi connectivity index (χ1) is 10.6. The molecule has 1 aliphatic rings. The first-order valence-corrected chi connectivity index (χ1v) is 7.63. The summed E-state index contributed by atoms with van der Waals surface area (Å²) in [6.45, 7) is 8.95. The predicted molar refractivity (Wildman–Crippen MR) is 83.6 cm³/mol. The van der Waals surface area contributed by atoms with Gasteiger partial charge in [-0.25, -0.2) is 4.79 Å². The molecule has 2 heterocycles. The summed E-state index contributed by atoms with van der Waals surface area (Å²) in [5.74, 6) is 0.129. The zero-order valence-electron chi connectivity index (χ0n) is 13.2. The number of amides is 3. The SMILES string of the molecule is CCn1cc(NC(=O)NCCN2CCN(C(C)=O)CC2)cn1. The quantitative estimate of drug-likeness (QED) is 0.813. The molecule has 0 atom stereocenters. The Morgan fingerprint density at radius 3 is 2.59 bits per heavy atom. The fraction of sp³-hybridized carbons (Fsp3) is 0.643. The van der Waals surface area contributed by atoms with Crippen LogP contribution in [0.15, 0.2) is 12.4 Å². The highest BCUT2D eigenvalue weighted by atomic mass is 16.2. The Kier molecular flexibility index (Phi) is 5.76. The maximum atomic E-state index is 11.8. The van der Waals surface area contributed by atoms with Crippen LogP contribution in [0, 0.1) is 0 Å². The third kappa shape index (κ3) is 4.73. The van der Waals surface area contributed by atoms with Crippen LogP contribution >= 0.6 is 0 Å². The Balaban J connectivity index is 1.62. The van der Waals surface area contributed by atoms with Crippen molar-refractivity contribution in [3.05, 3.63) is 12.4 Å². The van der Waals surface area contributed by atoms with Crippen molar-refractivity contribution in [2.75, 3.05) is 44.6 Å². The summed E-state index contributed by atoms with van der Waals surface area (Å²) in [7, 11) is 0. The number of anilines is 1. The van der Waals surface area contributed by atoms with Crippen molar-refractivity contribution in [1.29, 1.82) is 0 Å². The van der Waals surface area contributed by atoms with Gasteiger partial charge in [0, 0.05) is 58.9 Å². The fourth-order valence-corrected chi connectivity index (χ4v) is 2.39. The molecule has 0 saturated carbocycles. The van der Waals surface area contributed by atoms with E-state index in [1.807, 2.05) is 11.8 Å². The van der Waals surface area contributed by atoms with Gasteiger partial charge in [-0.3, -0.25) is 14.4 Å². The van der Waals surface area contributed by atoms with E-state index in [1.54, 1.807) is 24.0 Å². The van der Waals surface area contributed by atoms with Crippen molar-refractivity contribution in [3.63, 3.8) is 0 Å². The first-order valence-electron chi connectivity index (χ1n) is 7.63. The van der Waals surface area contributed by atoms with Crippen molar-refractivity contribution in [3.8, 4) is 0 Å². The minimum absolute atomic E-state index is 0.129. The lowest BCUT2D eigenvalue weighted by Crippen LogP contribution is -2.49. The fourth-order valence-electron chi connectivity index (χ4n) is 2.39. The van der Waals surface area contributed by atoms with Gasteiger partial charge in [-0.05, 0) is 6.92 Å². The Labute approximate surface area is 130 Å². The average molecular weight is 308 g/mol. The van der Waals surface area contributed by atoms with Gasteiger partial charge in [0.05, 0.1) is 11.9 Å². The van der Waals surface area contributed by atoms with Crippen molar-refractivity contribution < 1.29 is 9.59 Å². The van der Waals surface area contributed by atoms with E-state index in [2.05, 4.69) is 20.6 Å². The number of carbonyl (C=O) groups is 2. The maximum Gasteiger partial charge on any atom is 0.319 e. The van der Waals surface area contributed by atoms with E-state index in [0.29, 0.717) is 12.2 Å². The van der Waals surface area contributed by atoms with E-state index in [9.17, 15) is 9.59 Å². The third-order valence-electron chi connectivity index (χ3n) is 3.75. The number of aromatic nitrogens is 2. The molecule has 0 aliphatic carbocycles. The number of rotatable bonds is 5. The highest BCUT2D eigenvalue weighted by molar-refractivity contribution is 5.88. The van der Waals surface area contributed by atoms with E-state index in [-0.39, 0.29) is 11.9 Å². The van der Waals surface area contributed by atoms with Crippen LogP contribution in [-0.2, 0) is 11.3 Å². The van der Waals surface area contributed by atoms with Gasteiger partial charge < -0.3 is 15.5 Å². The summed E-state index contributed by atoms with van der Waals surface area (Å²) < 4.78 is 1.75. The van der Waals surface area contributed by atoms with Gasteiger partial charge in [-0.15, -0.1) is 0 Å². The van der Waals surface area contributed by atoms with Crippen molar-refractivity contribution in [2.45, 2.75) is 20.4 Å². The number of piperazine rings is 1. The van der Waals surface area contributed by atoms with Crippen LogP contribution in [0.2, 0.25) is 0 Å². The molecular formula is C14H24N6O2. The monoisotopic (exact) mass is 308 g/mol. The van der Waals surface area contributed by atoms with Crippen molar-refractivity contribution in [1.82, 2.24) is 24.9 Å². The molecule has 1 saturated heterocycles. The van der Waals surface area contributed by atoms with Crippen LogP contribution < -0.4 is 10.6 Å². The van der Waals surface area contributed by atoms with E-state index in [0.717, 1.165) is 39.3 Å². The predicted octanol–water partition coefficient (Wildman–Crippen LogP) is 0.189. The maximum absolute atomic E-state index is 11.8. The van der Waals surface area contributed by atoms with E-state index in [4.69, 9.17) is 0 Å². The van der Waals surface area contributed by atoms with Crippen LogP contribution in [-0.4, -0.2) is 70.8 Å². The van der Waals surface area contributed by atoms with Crippen LogP contribution in [0.3, 0.4) is 0 Å². The average Bonchev–Trinajstić information content (AvgIpc) is 2.95. The normalized spacial score (nSPS) is 15.6. The lowest BCUT2D eigenvalue weighted by molar-refractivity contribution is -0.130. The molecule has 0 aromatic carbocycles. The molecule has 1 aromatic heterocycles. The Bertz CT molecular complexity index is 507. The Hall–Kier alpha value is -2.09. The standard InChI is InChI=1S/C14H24N6O2/c1-3-20-11-13(10-16-20)17-14(22)15-4-5-18-6-8-19(9-7-18)12(2)21/h10-11H,3-9H2,1-2H3,(H2,15,17,22). The summed E-state index contributed by atoms with van der Waals surface area (Å²) in [6.07, 6.45) is 3.42. The molecule has 1 aliphatic heterocycles. The van der Waals surface area contributed by atoms with Crippen LogP contribution in [0.5, 0.6) is 0 Å². The highest BCUT2D eigenvalue weighted by Gasteiger charge is 2.18. The number of carbonyl (C=O) groups excluding carboxylic acids is 2. The van der Waals surface area contributed by atoms with Crippen molar-refractivity contribution >= 4 is 17.6 Å². The number of urea groups is 1. The summed E-state index contributed by atoms with van der Waals surface area (Å²) >= 11 is 0. The van der Waals surface area contributed by atoms with Gasteiger partial charge in [0.1, 0.15) is 0 Å². The molecule has 2 rings (SSSR count). The van der Waals surface area contributed by atoms with Gasteiger partial charge in [0.2, 0.25) is 5.91 Å². The molecule has 8 nitrogen and oxygen atoms in total. The summed E-state index contributed by atoms with van der Waals surface area (Å²) in [5, 5.41) is 9.68. The molecule has 3 amide bonds. The molecular weight excluding hydrogens is 284 g/mol. The Morgan fingerprint density at radius 1 is 1.27 bits per heavy atom. The number of nitrogens with one attached hydrogen (secondary N) is 2. The summed E-state index contributed by atoms with van der Waals surface area (Å²) in [4.78, 5) is 27.1. The molecule has 0 radical (unpaired) electrons. The molecule has 0 bridgehead atoms. The second-order valence-corrected chi connectivity index (χ2v) is 5.31. The van der Waals surface area contributed by atoms with Gasteiger partial charge in [0.15, 0.2) is 0 Å². The zero-order valence-corrected chi connectivity index (χ0v) is 13.2. The molecule has 122 valence electrons. The second kappa shape index (κ2) is 7.79. The number of hydrogen-bond acceptors (Lipinski definition) is 4. The smallest absolute Gasteiger partial charge is 0.319 e. The molecule has 1 aromatic rings. The topological polar surface area (TPSA) is 82.5 Å². The molecule has 1 fully saturated rings. The molecule has 0 spiro atoms. The minimum Gasteiger partial charge on any atom is -0.340 e. The van der Waals surface area contributed by atoms with Crippen LogP contribution in [0.1, 0.15) is 13.8 Å². The van der Waals surface area contributed by atoms with Gasteiger partial charge in [0.25, 0.3) is 0 Å². The van der Waals surface area contributed by atoms with E-state index in [1.165, 1.54) is 0 Å². The third-order valence-corrected chi connectivity index (χ3v) is 3.75. The van der Waals surface area contributed by atoms with Crippen LogP contribution in [0.25, 0.3) is 0 Å². The summed E-state index contributed by atoms with van der Waals surface area (Å²) in [6, 6.07) is -0.224. The van der Waals surface area contributed by atoms with E-state index < -0.39 is 0 Å². The number of hydrogen-bond donors (Lipinski definition) is 2. The van der Waals surface area contributed by atoms with Crippen molar-refractivity contribution in [2.24, 2.45) is 0 Å². The first kappa shape index (κ1) is 16.3. The number of nitrogens with zero attached hydrogens (tertiary/aromatic N) is 4. The Morgan fingerprint density at radius 2 is 2.00 bits per heavy atom. The van der Waals surface area contributed by atoms with E-state index >= 15 is 0 Å². The van der Waals surface area contributed by atoms with Gasteiger partial charge >= 0.3 is 6.03 Å². The number of aryl methyl sites for hydroxylation is 1. The molecule has 2 N–H and O–H groups in total. The van der Waals surface area contributed by atoms with Crippen LogP contribution in [0.4, 0.5) is 10.5 Å². The summed E-state index contributed by atoms with van der Waals surface area (Å²) in [5.41, 5.74) is 0.689. The largest absolute Gasteiger partial charge is 0.340 e. The lowest BCUT2D eigenvalue weighted by atomic mass is 10.3. The lowest BCUT2D eigenvalue weighted by Gasteiger charge is -2.34. The second-order valence-electron chi connectivity index (χ2n) is 5.31. The zero-order chi connectivity index (χ0) is 15.9. The van der Waals surface area contributed by atoms with Gasteiger partial charge in [-0.1, -0.05) is 0 Å². The molecule has 0 unspecified atom stereocenters. The van der Waals surface area contributed by atoms with Gasteiger partial charge in [-0.2, -0.15) is 5.10 Å².